The number of ether oxygens (including phenoxy) is 1. The Hall–Kier alpha value is -1.68. The molecule has 19 heavy (non-hydrogen) atoms. The third kappa shape index (κ3) is 3.41. The summed E-state index contributed by atoms with van der Waals surface area (Å²) in [6, 6.07) is 14.0. The van der Waals surface area contributed by atoms with Crippen molar-refractivity contribution in [2.75, 3.05) is 24.8 Å². The second-order valence-corrected chi connectivity index (χ2v) is 5.32. The minimum Gasteiger partial charge on any atom is -0.497 e. The fraction of sp³-hybridized carbons (Fsp3) is 0.200. The minimum atomic E-state index is 0.750. The number of methoxy groups -OCH3 is 1. The van der Waals surface area contributed by atoms with E-state index < -0.39 is 0 Å². The molecule has 2 aromatic carbocycles. The first-order valence-corrected chi connectivity index (χ1v) is 6.78. The highest BCUT2D eigenvalue weighted by Crippen LogP contribution is 2.28. The van der Waals surface area contributed by atoms with Crippen LogP contribution in [0.5, 0.6) is 5.75 Å². The molecule has 0 aliphatic rings. The summed E-state index contributed by atoms with van der Waals surface area (Å²) in [6.45, 7) is 0.796. The first-order valence-electron chi connectivity index (χ1n) is 5.99. The van der Waals surface area contributed by atoms with Crippen LogP contribution in [0.2, 0.25) is 0 Å². The SMILES string of the molecule is COc1ccc(N)c(N(C)Cc2ccc(Br)cc2)c1. The van der Waals surface area contributed by atoms with E-state index in [4.69, 9.17) is 10.5 Å². The molecule has 0 saturated heterocycles. The average molecular weight is 321 g/mol. The maximum Gasteiger partial charge on any atom is 0.121 e. The summed E-state index contributed by atoms with van der Waals surface area (Å²) in [5.74, 6) is 0.812. The lowest BCUT2D eigenvalue weighted by atomic mass is 10.2. The van der Waals surface area contributed by atoms with Crippen LogP contribution in [0.1, 0.15) is 5.56 Å². The number of hydrogen-bond donors (Lipinski definition) is 1. The van der Waals surface area contributed by atoms with Gasteiger partial charge in [-0.15, -0.1) is 0 Å². The molecule has 4 heteroatoms. The number of benzene rings is 2. The number of nitrogens with two attached hydrogens (primary N) is 1. The van der Waals surface area contributed by atoms with Gasteiger partial charge in [0.25, 0.3) is 0 Å². The molecule has 0 aromatic heterocycles. The van der Waals surface area contributed by atoms with E-state index >= 15 is 0 Å². The van der Waals surface area contributed by atoms with Gasteiger partial charge < -0.3 is 15.4 Å². The summed E-state index contributed by atoms with van der Waals surface area (Å²) in [5, 5.41) is 0. The predicted octanol–water partition coefficient (Wildman–Crippen LogP) is 3.68. The Morgan fingerprint density at radius 3 is 2.47 bits per heavy atom. The van der Waals surface area contributed by atoms with Crippen LogP contribution in [-0.4, -0.2) is 14.2 Å². The van der Waals surface area contributed by atoms with Crippen molar-refractivity contribution in [1.82, 2.24) is 0 Å². The lowest BCUT2D eigenvalue weighted by Crippen LogP contribution is -2.17. The highest BCUT2D eigenvalue weighted by molar-refractivity contribution is 9.10. The van der Waals surface area contributed by atoms with Gasteiger partial charge in [0.1, 0.15) is 5.75 Å². The lowest BCUT2D eigenvalue weighted by molar-refractivity contribution is 0.415. The summed E-state index contributed by atoms with van der Waals surface area (Å²) in [4.78, 5) is 2.11. The Morgan fingerprint density at radius 2 is 1.84 bits per heavy atom. The van der Waals surface area contributed by atoms with Crippen molar-refractivity contribution < 1.29 is 4.74 Å². The number of nitrogen functional groups attached to an aromatic ring is 1. The van der Waals surface area contributed by atoms with Crippen molar-refractivity contribution in [3.63, 3.8) is 0 Å². The number of nitrogens with zero attached hydrogens (tertiary/aromatic N) is 1. The zero-order valence-electron chi connectivity index (χ0n) is 11.1. The van der Waals surface area contributed by atoms with Gasteiger partial charge in [0.15, 0.2) is 0 Å². The normalized spacial score (nSPS) is 10.3. The molecule has 100 valence electrons. The molecule has 0 amide bonds. The maximum atomic E-state index is 6.02. The Kier molecular flexibility index (Phi) is 4.32. The summed E-state index contributed by atoms with van der Waals surface area (Å²) >= 11 is 3.44. The molecule has 0 radical (unpaired) electrons. The van der Waals surface area contributed by atoms with E-state index in [9.17, 15) is 0 Å². The van der Waals surface area contributed by atoms with E-state index in [2.05, 4.69) is 33.0 Å². The van der Waals surface area contributed by atoms with Gasteiger partial charge in [-0.1, -0.05) is 28.1 Å². The number of anilines is 2. The first kappa shape index (κ1) is 13.7. The molecule has 0 bridgehead atoms. The molecule has 2 N–H and O–H groups in total. The topological polar surface area (TPSA) is 38.5 Å². The van der Waals surface area contributed by atoms with Crippen molar-refractivity contribution in [1.29, 1.82) is 0 Å². The highest BCUT2D eigenvalue weighted by atomic mass is 79.9. The zero-order chi connectivity index (χ0) is 13.8. The minimum absolute atomic E-state index is 0.750. The lowest BCUT2D eigenvalue weighted by Gasteiger charge is -2.22. The van der Waals surface area contributed by atoms with Crippen molar-refractivity contribution in [2.45, 2.75) is 6.54 Å². The molecule has 0 spiro atoms. The Bertz CT molecular complexity index is 555. The zero-order valence-corrected chi connectivity index (χ0v) is 12.6. The summed E-state index contributed by atoms with van der Waals surface area (Å²) in [7, 11) is 3.68. The second kappa shape index (κ2) is 5.97. The average Bonchev–Trinajstić information content (AvgIpc) is 2.42. The van der Waals surface area contributed by atoms with Crippen molar-refractivity contribution >= 4 is 27.3 Å². The van der Waals surface area contributed by atoms with Gasteiger partial charge in [-0.25, -0.2) is 0 Å². The largest absolute Gasteiger partial charge is 0.497 e. The van der Waals surface area contributed by atoms with E-state index in [1.54, 1.807) is 7.11 Å². The van der Waals surface area contributed by atoms with E-state index in [1.807, 2.05) is 37.4 Å². The van der Waals surface area contributed by atoms with Crippen LogP contribution in [0.25, 0.3) is 0 Å². The number of halogens is 1. The molecule has 0 aliphatic carbocycles. The van der Waals surface area contributed by atoms with E-state index in [1.165, 1.54) is 5.56 Å². The smallest absolute Gasteiger partial charge is 0.121 e. The van der Waals surface area contributed by atoms with Gasteiger partial charge in [-0.3, -0.25) is 0 Å². The third-order valence-electron chi connectivity index (χ3n) is 2.98. The standard InChI is InChI=1S/C15H17BrN2O/c1-18(10-11-3-5-12(16)6-4-11)15-9-13(19-2)7-8-14(15)17/h3-9H,10,17H2,1-2H3. The van der Waals surface area contributed by atoms with Gasteiger partial charge in [-0.05, 0) is 29.8 Å². The quantitative estimate of drug-likeness (QED) is 0.873. The summed E-state index contributed by atoms with van der Waals surface area (Å²) < 4.78 is 6.32. The van der Waals surface area contributed by atoms with Crippen LogP contribution in [0.15, 0.2) is 46.9 Å². The van der Waals surface area contributed by atoms with E-state index in [-0.39, 0.29) is 0 Å². The predicted molar refractivity (Wildman–Crippen MR) is 83.7 cm³/mol. The molecule has 2 aromatic rings. The second-order valence-electron chi connectivity index (χ2n) is 4.41. The Balaban J connectivity index is 2.19. The summed E-state index contributed by atoms with van der Waals surface area (Å²) in [6.07, 6.45) is 0. The molecular weight excluding hydrogens is 304 g/mol. The number of rotatable bonds is 4. The Morgan fingerprint density at radius 1 is 1.16 bits per heavy atom. The molecule has 0 aliphatic heterocycles. The van der Waals surface area contributed by atoms with Gasteiger partial charge >= 0.3 is 0 Å². The van der Waals surface area contributed by atoms with Gasteiger partial charge in [-0.2, -0.15) is 0 Å². The Labute approximate surface area is 122 Å². The van der Waals surface area contributed by atoms with Crippen LogP contribution in [0.3, 0.4) is 0 Å². The monoisotopic (exact) mass is 320 g/mol. The van der Waals surface area contributed by atoms with Crippen molar-refractivity contribution in [3.05, 3.63) is 52.5 Å². The fourth-order valence-electron chi connectivity index (χ4n) is 1.93. The van der Waals surface area contributed by atoms with Gasteiger partial charge in [0.05, 0.1) is 18.5 Å². The molecule has 0 heterocycles. The highest BCUT2D eigenvalue weighted by Gasteiger charge is 2.07. The van der Waals surface area contributed by atoms with E-state index in [0.717, 1.165) is 28.1 Å². The molecule has 3 nitrogen and oxygen atoms in total. The molecule has 0 atom stereocenters. The molecule has 0 fully saturated rings. The van der Waals surface area contributed by atoms with Crippen LogP contribution < -0.4 is 15.4 Å². The maximum absolute atomic E-state index is 6.02. The molecular formula is C15H17BrN2O. The fourth-order valence-corrected chi connectivity index (χ4v) is 2.19. The summed E-state index contributed by atoms with van der Waals surface area (Å²) in [5.41, 5.74) is 8.97. The molecule has 2 rings (SSSR count). The van der Waals surface area contributed by atoms with Gasteiger partial charge in [0.2, 0.25) is 0 Å². The van der Waals surface area contributed by atoms with E-state index in [0.29, 0.717) is 0 Å². The van der Waals surface area contributed by atoms with Crippen molar-refractivity contribution in [3.8, 4) is 5.75 Å². The van der Waals surface area contributed by atoms with Crippen LogP contribution >= 0.6 is 15.9 Å². The first-order chi connectivity index (χ1) is 9.10. The van der Waals surface area contributed by atoms with Crippen molar-refractivity contribution in [2.24, 2.45) is 0 Å². The van der Waals surface area contributed by atoms with Crippen LogP contribution in [0, 0.1) is 0 Å². The molecule has 0 saturated carbocycles. The van der Waals surface area contributed by atoms with Crippen LogP contribution in [0.4, 0.5) is 11.4 Å². The third-order valence-corrected chi connectivity index (χ3v) is 3.51. The molecule has 0 unspecified atom stereocenters. The van der Waals surface area contributed by atoms with Crippen LogP contribution in [-0.2, 0) is 6.54 Å². The van der Waals surface area contributed by atoms with Gasteiger partial charge in [0, 0.05) is 24.1 Å². The number of hydrogen-bond acceptors (Lipinski definition) is 3.